The molecule has 0 atom stereocenters. The van der Waals surface area contributed by atoms with Crippen LogP contribution in [0, 0.1) is 0 Å². The molecule has 112 valence electrons. The molecule has 1 N–H and O–H groups in total. The molecule has 0 aliphatic heterocycles. The second-order valence-electron chi connectivity index (χ2n) is 4.94. The molecule has 2 aromatic heterocycles. The van der Waals surface area contributed by atoms with Crippen molar-refractivity contribution < 1.29 is 4.79 Å². The number of fused-ring (bicyclic) bond motifs is 1. The molecule has 3 aromatic rings. The summed E-state index contributed by atoms with van der Waals surface area (Å²) in [6, 6.07) is 12.9. The van der Waals surface area contributed by atoms with Crippen molar-refractivity contribution in [3.8, 4) is 0 Å². The third-order valence-corrected chi connectivity index (χ3v) is 3.43. The monoisotopic (exact) mass is 296 g/mol. The molecule has 0 fully saturated rings. The summed E-state index contributed by atoms with van der Waals surface area (Å²) in [6.07, 6.45) is 3.45. The van der Waals surface area contributed by atoms with Gasteiger partial charge in [0.1, 0.15) is 6.54 Å². The van der Waals surface area contributed by atoms with Crippen molar-refractivity contribution in [2.24, 2.45) is 0 Å². The Morgan fingerprint density at radius 1 is 1.14 bits per heavy atom. The van der Waals surface area contributed by atoms with Gasteiger partial charge in [0.05, 0.1) is 6.54 Å². The van der Waals surface area contributed by atoms with Crippen LogP contribution in [0.25, 0.3) is 10.9 Å². The summed E-state index contributed by atoms with van der Waals surface area (Å²) in [5.74, 6) is -0.0923. The lowest BCUT2D eigenvalue weighted by molar-refractivity contribution is -0.121. The Hall–Kier alpha value is -2.89. The molecule has 6 nitrogen and oxygen atoms in total. The highest BCUT2D eigenvalue weighted by Crippen LogP contribution is 2.14. The number of hydrogen-bond donors (Lipinski definition) is 1. The van der Waals surface area contributed by atoms with Gasteiger partial charge in [-0.25, -0.2) is 4.68 Å². The SMILES string of the molecule is O=C(Cn1ccc2ccccc21)NCCn1ncccc1=O. The van der Waals surface area contributed by atoms with E-state index in [1.807, 2.05) is 41.1 Å². The minimum Gasteiger partial charge on any atom is -0.353 e. The molecule has 1 amide bonds. The van der Waals surface area contributed by atoms with E-state index in [9.17, 15) is 9.59 Å². The summed E-state index contributed by atoms with van der Waals surface area (Å²) in [5.41, 5.74) is 0.853. The van der Waals surface area contributed by atoms with Gasteiger partial charge in [0.15, 0.2) is 0 Å². The van der Waals surface area contributed by atoms with E-state index in [1.54, 1.807) is 12.3 Å². The minimum absolute atomic E-state index is 0.0923. The molecule has 22 heavy (non-hydrogen) atoms. The third-order valence-electron chi connectivity index (χ3n) is 3.43. The van der Waals surface area contributed by atoms with Gasteiger partial charge in [0, 0.05) is 30.5 Å². The quantitative estimate of drug-likeness (QED) is 0.764. The predicted molar refractivity (Wildman–Crippen MR) is 83.4 cm³/mol. The van der Waals surface area contributed by atoms with Crippen molar-refractivity contribution in [1.82, 2.24) is 19.7 Å². The average Bonchev–Trinajstić information content (AvgIpc) is 2.92. The van der Waals surface area contributed by atoms with Crippen LogP contribution in [0.3, 0.4) is 0 Å². The lowest BCUT2D eigenvalue weighted by Crippen LogP contribution is -2.33. The Balaban J connectivity index is 1.57. The van der Waals surface area contributed by atoms with Gasteiger partial charge in [-0.1, -0.05) is 18.2 Å². The number of hydrogen-bond acceptors (Lipinski definition) is 3. The maximum absolute atomic E-state index is 12.0. The number of nitrogens with one attached hydrogen (secondary N) is 1. The normalized spacial score (nSPS) is 10.7. The Morgan fingerprint density at radius 3 is 2.86 bits per heavy atom. The third kappa shape index (κ3) is 3.06. The van der Waals surface area contributed by atoms with Gasteiger partial charge in [0.25, 0.3) is 5.56 Å². The summed E-state index contributed by atoms with van der Waals surface area (Å²) < 4.78 is 3.23. The van der Waals surface area contributed by atoms with Gasteiger partial charge in [-0.05, 0) is 23.6 Å². The van der Waals surface area contributed by atoms with Crippen LogP contribution in [-0.2, 0) is 17.9 Å². The molecule has 2 heterocycles. The van der Waals surface area contributed by atoms with Gasteiger partial charge in [-0.2, -0.15) is 5.10 Å². The molecule has 0 aliphatic carbocycles. The first-order valence-electron chi connectivity index (χ1n) is 7.07. The maximum atomic E-state index is 12.0. The van der Waals surface area contributed by atoms with Crippen LogP contribution in [0.2, 0.25) is 0 Å². The highest BCUT2D eigenvalue weighted by Gasteiger charge is 2.05. The highest BCUT2D eigenvalue weighted by molar-refractivity contribution is 5.83. The lowest BCUT2D eigenvalue weighted by Gasteiger charge is -2.08. The Bertz CT molecular complexity index is 850. The molecule has 3 rings (SSSR count). The van der Waals surface area contributed by atoms with E-state index in [1.165, 1.54) is 10.7 Å². The van der Waals surface area contributed by atoms with Crippen LogP contribution in [0.1, 0.15) is 0 Å². The van der Waals surface area contributed by atoms with Crippen molar-refractivity contribution in [1.29, 1.82) is 0 Å². The molecule has 0 bridgehead atoms. The minimum atomic E-state index is -0.173. The Kier molecular flexibility index (Phi) is 4.00. The molecule has 0 unspecified atom stereocenters. The van der Waals surface area contributed by atoms with Crippen LogP contribution in [0.4, 0.5) is 0 Å². The average molecular weight is 296 g/mol. The summed E-state index contributed by atoms with van der Waals surface area (Å²) in [4.78, 5) is 23.5. The van der Waals surface area contributed by atoms with E-state index < -0.39 is 0 Å². The number of benzene rings is 1. The molecule has 0 spiro atoms. The summed E-state index contributed by atoms with van der Waals surface area (Å²) in [6.45, 7) is 0.984. The fraction of sp³-hybridized carbons (Fsp3) is 0.188. The summed E-state index contributed by atoms with van der Waals surface area (Å²) >= 11 is 0. The predicted octanol–water partition coefficient (Wildman–Crippen LogP) is 1.01. The molecular formula is C16H16N4O2. The van der Waals surface area contributed by atoms with Gasteiger partial charge < -0.3 is 9.88 Å². The van der Waals surface area contributed by atoms with E-state index in [0.29, 0.717) is 13.1 Å². The van der Waals surface area contributed by atoms with E-state index >= 15 is 0 Å². The highest BCUT2D eigenvalue weighted by atomic mass is 16.2. The first-order valence-corrected chi connectivity index (χ1v) is 7.07. The number of amides is 1. The van der Waals surface area contributed by atoms with E-state index in [2.05, 4.69) is 10.4 Å². The van der Waals surface area contributed by atoms with Crippen molar-refractivity contribution in [3.05, 3.63) is 65.2 Å². The fourth-order valence-electron chi connectivity index (χ4n) is 2.35. The molecule has 0 radical (unpaired) electrons. The zero-order chi connectivity index (χ0) is 15.4. The second kappa shape index (κ2) is 6.26. The van der Waals surface area contributed by atoms with Crippen molar-refractivity contribution in [2.45, 2.75) is 13.1 Å². The van der Waals surface area contributed by atoms with Crippen LogP contribution in [0.5, 0.6) is 0 Å². The molecular weight excluding hydrogens is 280 g/mol. The van der Waals surface area contributed by atoms with Gasteiger partial charge in [0.2, 0.25) is 5.91 Å². The van der Waals surface area contributed by atoms with Crippen molar-refractivity contribution in [2.75, 3.05) is 6.54 Å². The van der Waals surface area contributed by atoms with Crippen LogP contribution in [0.15, 0.2) is 59.7 Å². The number of nitrogens with zero attached hydrogens (tertiary/aromatic N) is 3. The molecule has 0 saturated carbocycles. The van der Waals surface area contributed by atoms with Crippen molar-refractivity contribution in [3.63, 3.8) is 0 Å². The number of aromatic nitrogens is 3. The standard InChI is InChI=1S/C16H16N4O2/c21-15(17-9-11-20-16(22)6-3-8-18-20)12-19-10-7-13-4-1-2-5-14(13)19/h1-8,10H,9,11-12H2,(H,17,21). The Labute approximate surface area is 127 Å². The van der Waals surface area contributed by atoms with E-state index in [0.717, 1.165) is 10.9 Å². The number of rotatable bonds is 5. The van der Waals surface area contributed by atoms with E-state index in [-0.39, 0.29) is 18.0 Å². The zero-order valence-electron chi connectivity index (χ0n) is 12.0. The molecule has 1 aromatic carbocycles. The first kappa shape index (κ1) is 14.1. The van der Waals surface area contributed by atoms with Crippen LogP contribution in [-0.4, -0.2) is 26.8 Å². The summed E-state index contributed by atoms with van der Waals surface area (Å²) in [5, 5.41) is 7.85. The van der Waals surface area contributed by atoms with Crippen LogP contribution >= 0.6 is 0 Å². The smallest absolute Gasteiger partial charge is 0.266 e. The van der Waals surface area contributed by atoms with Crippen LogP contribution < -0.4 is 10.9 Å². The second-order valence-corrected chi connectivity index (χ2v) is 4.94. The number of carbonyl (C=O) groups excluding carboxylic acids is 1. The number of carbonyl (C=O) groups is 1. The van der Waals surface area contributed by atoms with Gasteiger partial charge >= 0.3 is 0 Å². The summed E-state index contributed by atoms with van der Waals surface area (Å²) in [7, 11) is 0. The largest absolute Gasteiger partial charge is 0.353 e. The van der Waals surface area contributed by atoms with Gasteiger partial charge in [-0.15, -0.1) is 0 Å². The van der Waals surface area contributed by atoms with Crippen molar-refractivity contribution >= 4 is 16.8 Å². The Morgan fingerprint density at radius 2 is 2.00 bits per heavy atom. The fourth-order valence-corrected chi connectivity index (χ4v) is 2.35. The molecule has 0 saturated heterocycles. The first-order chi connectivity index (χ1) is 10.7. The molecule has 0 aliphatic rings. The van der Waals surface area contributed by atoms with E-state index in [4.69, 9.17) is 0 Å². The maximum Gasteiger partial charge on any atom is 0.266 e. The molecule has 6 heteroatoms. The van der Waals surface area contributed by atoms with Gasteiger partial charge in [-0.3, -0.25) is 9.59 Å². The number of para-hydroxylation sites is 1. The topological polar surface area (TPSA) is 68.9 Å². The zero-order valence-corrected chi connectivity index (χ0v) is 12.0. The lowest BCUT2D eigenvalue weighted by atomic mass is 10.2.